The van der Waals surface area contributed by atoms with Crippen molar-refractivity contribution < 1.29 is 4.74 Å². The number of hydrogen-bond donors (Lipinski definition) is 1. The Balaban J connectivity index is 2.12. The monoisotopic (exact) mass is 351 g/mol. The summed E-state index contributed by atoms with van der Waals surface area (Å²) < 4.78 is 8.35. The molecular weight excluding hydrogens is 330 g/mol. The summed E-state index contributed by atoms with van der Waals surface area (Å²) in [5, 5.41) is 3.39. The van der Waals surface area contributed by atoms with E-state index >= 15 is 0 Å². The molecule has 0 saturated heterocycles. The smallest absolute Gasteiger partial charge is 0.203 e. The number of ether oxygens (including phenoxy) is 1. The van der Waals surface area contributed by atoms with E-state index in [4.69, 9.17) is 4.74 Å². The largest absolute Gasteiger partial charge is 0.385 e. The highest BCUT2D eigenvalue weighted by Crippen LogP contribution is 2.24. The van der Waals surface area contributed by atoms with Crippen LogP contribution in [-0.4, -0.2) is 29.8 Å². The molecule has 5 heteroatoms. The number of nitrogens with zero attached hydrogens (tertiary/aromatic N) is 2. The van der Waals surface area contributed by atoms with E-state index in [9.17, 15) is 0 Å². The summed E-state index contributed by atoms with van der Waals surface area (Å²) in [6, 6.07) is 8.66. The van der Waals surface area contributed by atoms with Crippen LogP contribution in [-0.2, 0) is 4.74 Å². The Labute approximate surface area is 134 Å². The van der Waals surface area contributed by atoms with E-state index < -0.39 is 0 Å². The summed E-state index contributed by atoms with van der Waals surface area (Å²) in [4.78, 5) is 4.57. The van der Waals surface area contributed by atoms with Crippen molar-refractivity contribution in [3.05, 3.63) is 46.2 Å². The third-order valence-electron chi connectivity index (χ3n) is 3.43. The number of hydrogen-bond acceptors (Lipinski definition) is 3. The van der Waals surface area contributed by atoms with Gasteiger partial charge in [0.1, 0.15) is 0 Å². The van der Waals surface area contributed by atoms with Crippen molar-refractivity contribution >= 4 is 21.9 Å². The molecular formula is C16H22BrN3O. The van der Waals surface area contributed by atoms with E-state index in [2.05, 4.69) is 68.2 Å². The molecule has 21 heavy (non-hydrogen) atoms. The zero-order valence-electron chi connectivity index (χ0n) is 12.8. The van der Waals surface area contributed by atoms with Gasteiger partial charge < -0.3 is 14.6 Å². The van der Waals surface area contributed by atoms with Crippen molar-refractivity contribution in [3.63, 3.8) is 0 Å². The number of nitrogens with one attached hydrogen (secondary N) is 1. The molecule has 0 saturated carbocycles. The van der Waals surface area contributed by atoms with Crippen LogP contribution in [0.15, 0.2) is 34.9 Å². The lowest BCUT2D eigenvalue weighted by molar-refractivity contribution is 0.197. The Bertz CT molecular complexity index is 565. The van der Waals surface area contributed by atoms with Crippen LogP contribution in [0.4, 0.5) is 5.95 Å². The maximum absolute atomic E-state index is 5.07. The first-order chi connectivity index (χ1) is 10.1. The van der Waals surface area contributed by atoms with Crippen LogP contribution in [0.3, 0.4) is 0 Å². The molecule has 1 N–H and O–H groups in total. The Morgan fingerprint density at radius 2 is 2.05 bits per heavy atom. The molecule has 1 atom stereocenters. The molecule has 1 heterocycles. The van der Waals surface area contributed by atoms with E-state index in [0.29, 0.717) is 0 Å². The Kier molecular flexibility index (Phi) is 5.82. The number of aromatic nitrogens is 2. The highest BCUT2D eigenvalue weighted by atomic mass is 79.9. The van der Waals surface area contributed by atoms with Crippen LogP contribution in [0.2, 0.25) is 0 Å². The summed E-state index contributed by atoms with van der Waals surface area (Å²) in [5.74, 6) is 0.916. The minimum atomic E-state index is 0.240. The molecule has 1 aromatic carbocycles. The fourth-order valence-corrected chi connectivity index (χ4v) is 2.53. The lowest BCUT2D eigenvalue weighted by Gasteiger charge is -2.17. The fourth-order valence-electron chi connectivity index (χ4n) is 2.26. The zero-order chi connectivity index (χ0) is 15.2. The standard InChI is InChI=1S/C16H22BrN3O/c1-12-11-20(16(19-12)18-9-4-10-21-3)13(2)14-5-7-15(17)8-6-14/h5-8,11,13H,4,9-10H2,1-3H3,(H,18,19). The number of rotatable bonds is 7. The number of methoxy groups -OCH3 is 1. The quantitative estimate of drug-likeness (QED) is 0.766. The fraction of sp³-hybridized carbons (Fsp3) is 0.438. The van der Waals surface area contributed by atoms with Gasteiger partial charge in [-0.25, -0.2) is 4.98 Å². The van der Waals surface area contributed by atoms with E-state index in [-0.39, 0.29) is 6.04 Å². The maximum atomic E-state index is 5.07. The van der Waals surface area contributed by atoms with Gasteiger partial charge in [0.05, 0.1) is 11.7 Å². The topological polar surface area (TPSA) is 39.1 Å². The highest BCUT2D eigenvalue weighted by molar-refractivity contribution is 9.10. The summed E-state index contributed by atoms with van der Waals surface area (Å²) in [5.41, 5.74) is 2.28. The van der Waals surface area contributed by atoms with E-state index in [1.54, 1.807) is 7.11 Å². The second-order valence-electron chi connectivity index (χ2n) is 5.11. The normalized spacial score (nSPS) is 12.4. The van der Waals surface area contributed by atoms with Crippen molar-refractivity contribution in [2.45, 2.75) is 26.3 Å². The Morgan fingerprint density at radius 1 is 1.33 bits per heavy atom. The number of aryl methyl sites for hydroxylation is 1. The van der Waals surface area contributed by atoms with Gasteiger partial charge in [0.15, 0.2) is 0 Å². The molecule has 2 rings (SSSR count). The van der Waals surface area contributed by atoms with Crippen LogP contribution >= 0.6 is 15.9 Å². The molecule has 0 aliphatic heterocycles. The van der Waals surface area contributed by atoms with E-state index in [1.165, 1.54) is 5.56 Å². The summed E-state index contributed by atoms with van der Waals surface area (Å²) in [6.07, 6.45) is 3.06. The lowest BCUT2D eigenvalue weighted by Crippen LogP contribution is -2.13. The molecule has 1 unspecified atom stereocenters. The van der Waals surface area contributed by atoms with Gasteiger partial charge in [-0.1, -0.05) is 28.1 Å². The SMILES string of the molecule is COCCCNc1nc(C)cn1C(C)c1ccc(Br)cc1. The van der Waals surface area contributed by atoms with Crippen molar-refractivity contribution in [1.82, 2.24) is 9.55 Å². The molecule has 1 aromatic heterocycles. The molecule has 0 aliphatic carbocycles. The first kappa shape index (κ1) is 16.0. The molecule has 0 aliphatic rings. The van der Waals surface area contributed by atoms with Crippen molar-refractivity contribution in [1.29, 1.82) is 0 Å². The van der Waals surface area contributed by atoms with Gasteiger partial charge >= 0.3 is 0 Å². The molecule has 114 valence electrons. The minimum Gasteiger partial charge on any atom is -0.385 e. The van der Waals surface area contributed by atoms with Gasteiger partial charge in [0, 0.05) is 30.9 Å². The summed E-state index contributed by atoms with van der Waals surface area (Å²) in [7, 11) is 1.72. The molecule has 0 spiro atoms. The Hall–Kier alpha value is -1.33. The molecule has 0 bridgehead atoms. The molecule has 4 nitrogen and oxygen atoms in total. The van der Waals surface area contributed by atoms with Crippen LogP contribution in [0, 0.1) is 6.92 Å². The van der Waals surface area contributed by atoms with Crippen LogP contribution in [0.25, 0.3) is 0 Å². The molecule has 0 amide bonds. The minimum absolute atomic E-state index is 0.240. The van der Waals surface area contributed by atoms with Crippen molar-refractivity contribution in [2.75, 3.05) is 25.6 Å². The highest BCUT2D eigenvalue weighted by Gasteiger charge is 2.13. The van der Waals surface area contributed by atoms with Gasteiger partial charge in [-0.3, -0.25) is 0 Å². The maximum Gasteiger partial charge on any atom is 0.203 e. The van der Waals surface area contributed by atoms with Gasteiger partial charge in [-0.05, 0) is 38.0 Å². The number of benzene rings is 1. The predicted molar refractivity (Wildman–Crippen MR) is 89.9 cm³/mol. The third-order valence-corrected chi connectivity index (χ3v) is 3.96. The average Bonchev–Trinajstić information content (AvgIpc) is 2.85. The van der Waals surface area contributed by atoms with Gasteiger partial charge in [0.25, 0.3) is 0 Å². The average molecular weight is 352 g/mol. The first-order valence-corrected chi connectivity index (χ1v) is 7.95. The van der Waals surface area contributed by atoms with Gasteiger partial charge in [-0.15, -0.1) is 0 Å². The number of anilines is 1. The lowest BCUT2D eigenvalue weighted by atomic mass is 10.1. The van der Waals surface area contributed by atoms with Crippen LogP contribution in [0.1, 0.15) is 30.6 Å². The number of imidazole rings is 1. The van der Waals surface area contributed by atoms with Crippen molar-refractivity contribution in [2.24, 2.45) is 0 Å². The second kappa shape index (κ2) is 7.61. The van der Waals surface area contributed by atoms with Gasteiger partial charge in [-0.2, -0.15) is 0 Å². The van der Waals surface area contributed by atoms with Crippen LogP contribution in [0.5, 0.6) is 0 Å². The first-order valence-electron chi connectivity index (χ1n) is 7.15. The molecule has 0 fully saturated rings. The third kappa shape index (κ3) is 4.32. The predicted octanol–water partition coefficient (Wildman–Crippen LogP) is 4.01. The zero-order valence-corrected chi connectivity index (χ0v) is 14.4. The Morgan fingerprint density at radius 3 is 2.71 bits per heavy atom. The molecule has 2 aromatic rings. The van der Waals surface area contributed by atoms with Gasteiger partial charge in [0.2, 0.25) is 5.95 Å². The van der Waals surface area contributed by atoms with Crippen molar-refractivity contribution in [3.8, 4) is 0 Å². The summed E-state index contributed by atoms with van der Waals surface area (Å²) >= 11 is 3.47. The van der Waals surface area contributed by atoms with E-state index in [1.807, 2.05) is 6.92 Å². The van der Waals surface area contributed by atoms with E-state index in [0.717, 1.165) is 35.7 Å². The number of halogens is 1. The summed E-state index contributed by atoms with van der Waals surface area (Å²) in [6.45, 7) is 5.82. The van der Waals surface area contributed by atoms with Crippen LogP contribution < -0.4 is 5.32 Å². The molecule has 0 radical (unpaired) electrons. The second-order valence-corrected chi connectivity index (χ2v) is 6.03.